The minimum atomic E-state index is 0.241. The predicted molar refractivity (Wildman–Crippen MR) is 76.6 cm³/mol. The Kier molecular flexibility index (Phi) is 4.37. The summed E-state index contributed by atoms with van der Waals surface area (Å²) < 4.78 is 0. The molecule has 0 heterocycles. The first-order chi connectivity index (χ1) is 7.75. The largest absolute Gasteiger partial charge is 0.302 e. The van der Waals surface area contributed by atoms with Crippen LogP contribution in [0.5, 0.6) is 0 Å². The van der Waals surface area contributed by atoms with Gasteiger partial charge in [-0.2, -0.15) is 0 Å². The van der Waals surface area contributed by atoms with Gasteiger partial charge in [-0.1, -0.05) is 39.8 Å². The van der Waals surface area contributed by atoms with Crippen LogP contribution in [0, 0.1) is 13.8 Å². The summed E-state index contributed by atoms with van der Waals surface area (Å²) in [6.07, 6.45) is 0. The maximum Gasteiger partial charge on any atom is 0.0235 e. The van der Waals surface area contributed by atoms with E-state index in [0.29, 0.717) is 0 Å². The lowest BCUT2D eigenvalue weighted by Gasteiger charge is -2.24. The van der Waals surface area contributed by atoms with E-state index >= 15 is 0 Å². The van der Waals surface area contributed by atoms with Crippen LogP contribution in [0.1, 0.15) is 49.9 Å². The molecule has 0 fully saturated rings. The molecule has 1 rings (SSSR count). The zero-order chi connectivity index (χ0) is 13.2. The van der Waals surface area contributed by atoms with E-state index in [2.05, 4.69) is 65.6 Å². The first-order valence-electron chi connectivity index (χ1n) is 6.55. The zero-order valence-corrected chi connectivity index (χ0v) is 12.5. The van der Waals surface area contributed by atoms with Gasteiger partial charge < -0.3 is 4.90 Å². The molecule has 0 N–H and O–H groups in total. The van der Waals surface area contributed by atoms with Gasteiger partial charge in [-0.25, -0.2) is 0 Å². The average molecular weight is 233 g/mol. The molecule has 0 aliphatic carbocycles. The molecule has 0 radical (unpaired) electrons. The van der Waals surface area contributed by atoms with Gasteiger partial charge in [0.1, 0.15) is 0 Å². The summed E-state index contributed by atoms with van der Waals surface area (Å²) >= 11 is 0. The van der Waals surface area contributed by atoms with Crippen molar-refractivity contribution in [3.05, 3.63) is 34.4 Å². The van der Waals surface area contributed by atoms with E-state index in [1.54, 1.807) is 0 Å². The van der Waals surface area contributed by atoms with Crippen LogP contribution in [0.4, 0.5) is 0 Å². The van der Waals surface area contributed by atoms with E-state index in [9.17, 15) is 0 Å². The predicted octanol–water partition coefficient (Wildman–Crippen LogP) is 4.05. The van der Waals surface area contributed by atoms with Crippen molar-refractivity contribution < 1.29 is 0 Å². The Hall–Kier alpha value is -0.820. The van der Waals surface area contributed by atoms with E-state index in [1.807, 2.05) is 0 Å². The third-order valence-corrected chi connectivity index (χ3v) is 3.53. The van der Waals surface area contributed by atoms with E-state index < -0.39 is 0 Å². The Morgan fingerprint density at radius 1 is 1.06 bits per heavy atom. The molecule has 0 amide bonds. The summed E-state index contributed by atoms with van der Waals surface area (Å²) in [6, 6.07) is 4.71. The van der Waals surface area contributed by atoms with Crippen molar-refractivity contribution in [1.82, 2.24) is 4.90 Å². The smallest absolute Gasteiger partial charge is 0.0235 e. The fraction of sp³-hybridized carbons (Fsp3) is 0.625. The van der Waals surface area contributed by atoms with E-state index in [4.69, 9.17) is 0 Å². The fourth-order valence-electron chi connectivity index (χ4n) is 2.06. The van der Waals surface area contributed by atoms with Gasteiger partial charge in [0.25, 0.3) is 0 Å². The van der Waals surface area contributed by atoms with Gasteiger partial charge in [0.15, 0.2) is 0 Å². The molecule has 0 unspecified atom stereocenters. The van der Waals surface area contributed by atoms with E-state index in [-0.39, 0.29) is 5.41 Å². The van der Waals surface area contributed by atoms with Crippen molar-refractivity contribution >= 4 is 0 Å². The van der Waals surface area contributed by atoms with Crippen molar-refractivity contribution in [3.8, 4) is 0 Å². The lowest BCUT2D eigenvalue weighted by Crippen LogP contribution is -2.19. The number of rotatable bonds is 3. The highest BCUT2D eigenvalue weighted by Crippen LogP contribution is 2.27. The average Bonchev–Trinajstić information content (AvgIpc) is 2.21. The first-order valence-corrected chi connectivity index (χ1v) is 6.55. The summed E-state index contributed by atoms with van der Waals surface area (Å²) in [6.45, 7) is 15.7. The third kappa shape index (κ3) is 3.57. The van der Waals surface area contributed by atoms with Crippen molar-refractivity contribution in [2.45, 2.75) is 53.5 Å². The van der Waals surface area contributed by atoms with Gasteiger partial charge in [-0.3, -0.25) is 0 Å². The van der Waals surface area contributed by atoms with Crippen LogP contribution in [0.25, 0.3) is 0 Å². The van der Waals surface area contributed by atoms with Crippen LogP contribution >= 0.6 is 0 Å². The molecule has 0 atom stereocenters. The van der Waals surface area contributed by atoms with Crippen LogP contribution in [0.15, 0.2) is 12.1 Å². The highest BCUT2D eigenvalue weighted by atomic mass is 15.1. The summed E-state index contributed by atoms with van der Waals surface area (Å²) in [5.41, 5.74) is 6.02. The van der Waals surface area contributed by atoms with Gasteiger partial charge in [0.05, 0.1) is 0 Å². The molecule has 1 aromatic carbocycles. The Labute approximate surface area is 107 Å². The maximum atomic E-state index is 2.35. The Balaban J connectivity index is 3.11. The molecular weight excluding hydrogens is 206 g/mol. The second-order valence-corrected chi connectivity index (χ2v) is 6.17. The maximum absolute atomic E-state index is 2.35. The SMILES string of the molecule is CCN(C)Cc1c(C)cc(C(C)(C)C)cc1C. The summed E-state index contributed by atoms with van der Waals surface area (Å²) in [4.78, 5) is 2.35. The summed E-state index contributed by atoms with van der Waals surface area (Å²) in [5.74, 6) is 0. The van der Waals surface area contributed by atoms with Crippen molar-refractivity contribution in [2.24, 2.45) is 0 Å². The number of nitrogens with zero attached hydrogens (tertiary/aromatic N) is 1. The van der Waals surface area contributed by atoms with E-state index in [0.717, 1.165) is 13.1 Å². The summed E-state index contributed by atoms with van der Waals surface area (Å²) in [7, 11) is 2.18. The van der Waals surface area contributed by atoms with Crippen LogP contribution < -0.4 is 0 Å². The number of aryl methyl sites for hydroxylation is 2. The molecule has 0 aliphatic rings. The molecule has 0 saturated heterocycles. The van der Waals surface area contributed by atoms with E-state index in [1.165, 1.54) is 22.3 Å². The highest BCUT2D eigenvalue weighted by Gasteiger charge is 2.16. The van der Waals surface area contributed by atoms with Gasteiger partial charge in [0.2, 0.25) is 0 Å². The fourth-order valence-corrected chi connectivity index (χ4v) is 2.06. The molecule has 0 aliphatic heterocycles. The van der Waals surface area contributed by atoms with Gasteiger partial charge in [-0.05, 0) is 55.1 Å². The Bertz CT molecular complexity index is 362. The Morgan fingerprint density at radius 2 is 1.53 bits per heavy atom. The summed E-state index contributed by atoms with van der Waals surface area (Å²) in [5, 5.41) is 0. The second-order valence-electron chi connectivity index (χ2n) is 6.17. The van der Waals surface area contributed by atoms with Crippen LogP contribution in [-0.2, 0) is 12.0 Å². The topological polar surface area (TPSA) is 3.24 Å². The van der Waals surface area contributed by atoms with Crippen LogP contribution in [-0.4, -0.2) is 18.5 Å². The minimum Gasteiger partial charge on any atom is -0.302 e. The minimum absolute atomic E-state index is 0.241. The molecule has 1 heteroatoms. The van der Waals surface area contributed by atoms with Crippen LogP contribution in [0.2, 0.25) is 0 Å². The van der Waals surface area contributed by atoms with Crippen LogP contribution in [0.3, 0.4) is 0 Å². The normalized spacial score (nSPS) is 12.2. The quantitative estimate of drug-likeness (QED) is 0.761. The number of hydrogen-bond donors (Lipinski definition) is 0. The zero-order valence-electron chi connectivity index (χ0n) is 12.5. The van der Waals surface area contributed by atoms with Gasteiger partial charge in [0, 0.05) is 6.54 Å². The monoisotopic (exact) mass is 233 g/mol. The molecule has 1 nitrogen and oxygen atoms in total. The standard InChI is InChI=1S/C16H27N/c1-8-17(7)11-15-12(2)9-14(10-13(15)3)16(4,5)6/h9-10H,8,11H2,1-7H3. The van der Waals surface area contributed by atoms with Crippen molar-refractivity contribution in [1.29, 1.82) is 0 Å². The van der Waals surface area contributed by atoms with Crippen molar-refractivity contribution in [3.63, 3.8) is 0 Å². The second kappa shape index (κ2) is 5.22. The molecule has 0 aromatic heterocycles. The Morgan fingerprint density at radius 3 is 1.88 bits per heavy atom. The van der Waals surface area contributed by atoms with Gasteiger partial charge in [-0.15, -0.1) is 0 Å². The van der Waals surface area contributed by atoms with Gasteiger partial charge >= 0.3 is 0 Å². The lowest BCUT2D eigenvalue weighted by molar-refractivity contribution is 0.344. The molecule has 0 bridgehead atoms. The first kappa shape index (κ1) is 14.2. The number of benzene rings is 1. The van der Waals surface area contributed by atoms with Crippen molar-refractivity contribution in [2.75, 3.05) is 13.6 Å². The lowest BCUT2D eigenvalue weighted by atomic mass is 9.84. The molecule has 17 heavy (non-hydrogen) atoms. The molecular formula is C16H27N. The number of hydrogen-bond acceptors (Lipinski definition) is 1. The molecule has 1 aromatic rings. The third-order valence-electron chi connectivity index (χ3n) is 3.53. The molecule has 0 spiro atoms. The highest BCUT2D eigenvalue weighted by molar-refractivity contribution is 5.40. The molecule has 0 saturated carbocycles. The molecule has 96 valence electrons.